The minimum absolute atomic E-state index is 0.0533. The fourth-order valence-electron chi connectivity index (χ4n) is 4.02. The van der Waals surface area contributed by atoms with Crippen LogP contribution in [0.1, 0.15) is 12.5 Å². The van der Waals surface area contributed by atoms with Gasteiger partial charge in [0.1, 0.15) is 18.1 Å². The molecule has 0 bridgehead atoms. The quantitative estimate of drug-likeness (QED) is 0.294. The summed E-state index contributed by atoms with van der Waals surface area (Å²) in [6.07, 6.45) is 1.44. The molecule has 0 aliphatic rings. The Morgan fingerprint density at radius 3 is 2.69 bits per heavy atom. The summed E-state index contributed by atoms with van der Waals surface area (Å²) in [6.45, 7) is 2.34. The van der Waals surface area contributed by atoms with Gasteiger partial charge in [-0.25, -0.2) is 17.8 Å². The number of halogens is 1. The zero-order chi connectivity index (χ0) is 25.3. The number of thiazole rings is 1. The molecular formula is C26H22FN3O4S2. The number of carbonyl (C=O) groups is 1. The van der Waals surface area contributed by atoms with Crippen LogP contribution in [-0.4, -0.2) is 30.5 Å². The van der Waals surface area contributed by atoms with Gasteiger partial charge in [0.05, 0.1) is 27.5 Å². The first kappa shape index (κ1) is 24.0. The largest absolute Gasteiger partial charge is 0.494 e. The van der Waals surface area contributed by atoms with E-state index in [1.54, 1.807) is 34.9 Å². The van der Waals surface area contributed by atoms with Crippen LogP contribution in [0.15, 0.2) is 77.8 Å². The molecule has 0 unspecified atom stereocenters. The summed E-state index contributed by atoms with van der Waals surface area (Å²) in [6, 6.07) is 18.3. The highest BCUT2D eigenvalue weighted by Crippen LogP contribution is 2.31. The van der Waals surface area contributed by atoms with E-state index >= 15 is 0 Å². The molecule has 5 rings (SSSR count). The maximum Gasteiger partial charge on any atom is 0.246 e. The fraction of sp³-hybridized carbons (Fsp3) is 0.154. The molecule has 36 heavy (non-hydrogen) atoms. The van der Waals surface area contributed by atoms with Crippen LogP contribution in [0.4, 0.5) is 9.52 Å². The molecule has 0 fully saturated rings. The smallest absolute Gasteiger partial charge is 0.246 e. The Balaban J connectivity index is 1.40. The molecule has 1 amide bonds. The number of benzene rings is 3. The molecule has 7 nitrogen and oxygen atoms in total. The molecule has 2 heterocycles. The molecular weight excluding hydrogens is 501 g/mol. The van der Waals surface area contributed by atoms with Gasteiger partial charge in [0.2, 0.25) is 5.91 Å². The average molecular weight is 524 g/mol. The second kappa shape index (κ2) is 9.71. The van der Waals surface area contributed by atoms with Crippen LogP contribution < -0.4 is 10.1 Å². The molecule has 0 aliphatic carbocycles. The van der Waals surface area contributed by atoms with Crippen LogP contribution >= 0.6 is 11.3 Å². The Kier molecular flexibility index (Phi) is 6.46. The van der Waals surface area contributed by atoms with Crippen molar-refractivity contribution in [2.24, 2.45) is 0 Å². The summed E-state index contributed by atoms with van der Waals surface area (Å²) < 4.78 is 48.6. The van der Waals surface area contributed by atoms with Crippen LogP contribution in [0.3, 0.4) is 0 Å². The van der Waals surface area contributed by atoms with E-state index in [2.05, 4.69) is 10.3 Å². The van der Waals surface area contributed by atoms with E-state index in [-0.39, 0.29) is 22.9 Å². The number of rotatable bonds is 8. The fourth-order valence-corrected chi connectivity index (χ4v) is 6.52. The van der Waals surface area contributed by atoms with Crippen molar-refractivity contribution < 1.29 is 22.3 Å². The van der Waals surface area contributed by atoms with Crippen LogP contribution in [-0.2, 0) is 26.9 Å². The molecule has 184 valence electrons. The van der Waals surface area contributed by atoms with Crippen LogP contribution in [0.25, 0.3) is 21.1 Å². The molecule has 2 aromatic heterocycles. The molecule has 0 radical (unpaired) electrons. The number of hydrogen-bond acceptors (Lipinski definition) is 6. The van der Waals surface area contributed by atoms with E-state index in [0.29, 0.717) is 22.6 Å². The molecule has 0 aliphatic heterocycles. The number of ether oxygens (including phenoxy) is 1. The third-order valence-corrected chi connectivity index (χ3v) is 8.24. The van der Waals surface area contributed by atoms with Gasteiger partial charge < -0.3 is 14.6 Å². The SMILES string of the molecule is CCOc1ccc2nc(NC(=O)Cn3cc(S(=O)(=O)Cc4ccccc4F)c4ccccc43)sc2c1. The molecule has 10 heteroatoms. The summed E-state index contributed by atoms with van der Waals surface area (Å²) in [5.74, 6) is -0.671. The number of para-hydroxylation sites is 1. The number of nitrogens with one attached hydrogen (secondary N) is 1. The van der Waals surface area contributed by atoms with Crippen molar-refractivity contribution in [3.8, 4) is 5.75 Å². The molecule has 3 aromatic carbocycles. The summed E-state index contributed by atoms with van der Waals surface area (Å²) in [5.41, 5.74) is 1.42. The lowest BCUT2D eigenvalue weighted by Crippen LogP contribution is -2.18. The van der Waals surface area contributed by atoms with E-state index in [9.17, 15) is 17.6 Å². The van der Waals surface area contributed by atoms with Gasteiger partial charge in [0, 0.05) is 22.7 Å². The van der Waals surface area contributed by atoms with Gasteiger partial charge in [-0.3, -0.25) is 4.79 Å². The Hall–Kier alpha value is -3.76. The zero-order valence-corrected chi connectivity index (χ0v) is 20.9. The Bertz CT molecular complexity index is 1690. The summed E-state index contributed by atoms with van der Waals surface area (Å²) >= 11 is 1.33. The number of hydrogen-bond donors (Lipinski definition) is 1. The highest BCUT2D eigenvalue weighted by molar-refractivity contribution is 7.90. The number of sulfone groups is 1. The lowest BCUT2D eigenvalue weighted by molar-refractivity contribution is -0.116. The van der Waals surface area contributed by atoms with Crippen molar-refractivity contribution in [3.05, 3.63) is 84.3 Å². The van der Waals surface area contributed by atoms with E-state index in [4.69, 9.17) is 4.74 Å². The number of fused-ring (bicyclic) bond motifs is 2. The van der Waals surface area contributed by atoms with Gasteiger partial charge in [-0.05, 0) is 37.3 Å². The van der Waals surface area contributed by atoms with Crippen molar-refractivity contribution in [3.63, 3.8) is 0 Å². The highest BCUT2D eigenvalue weighted by Gasteiger charge is 2.23. The van der Waals surface area contributed by atoms with Gasteiger partial charge in [-0.1, -0.05) is 47.7 Å². The Morgan fingerprint density at radius 1 is 1.11 bits per heavy atom. The van der Waals surface area contributed by atoms with Gasteiger partial charge in [0.25, 0.3) is 0 Å². The van der Waals surface area contributed by atoms with Crippen molar-refractivity contribution in [1.82, 2.24) is 9.55 Å². The molecule has 0 saturated carbocycles. The van der Waals surface area contributed by atoms with Crippen molar-refractivity contribution in [2.45, 2.75) is 24.1 Å². The lowest BCUT2D eigenvalue weighted by Gasteiger charge is -2.05. The van der Waals surface area contributed by atoms with Crippen molar-refractivity contribution in [2.75, 3.05) is 11.9 Å². The third-order valence-electron chi connectivity index (χ3n) is 5.62. The maximum absolute atomic E-state index is 14.1. The number of nitrogens with zero attached hydrogens (tertiary/aromatic N) is 2. The molecule has 0 atom stereocenters. The minimum Gasteiger partial charge on any atom is -0.494 e. The molecule has 1 N–H and O–H groups in total. The second-order valence-corrected chi connectivity index (χ2v) is 11.1. The van der Waals surface area contributed by atoms with E-state index in [1.165, 1.54) is 35.7 Å². The van der Waals surface area contributed by atoms with E-state index in [1.807, 2.05) is 25.1 Å². The van der Waals surface area contributed by atoms with Crippen molar-refractivity contribution >= 4 is 53.3 Å². The lowest BCUT2D eigenvalue weighted by atomic mass is 10.2. The first-order valence-electron chi connectivity index (χ1n) is 11.2. The monoisotopic (exact) mass is 523 g/mol. The maximum atomic E-state index is 14.1. The first-order chi connectivity index (χ1) is 17.3. The van der Waals surface area contributed by atoms with E-state index in [0.717, 1.165) is 16.0 Å². The average Bonchev–Trinajstić information content (AvgIpc) is 3.42. The Labute approximate surface area is 211 Å². The van der Waals surface area contributed by atoms with Gasteiger partial charge in [-0.2, -0.15) is 0 Å². The van der Waals surface area contributed by atoms with Crippen LogP contribution in [0.5, 0.6) is 5.75 Å². The topological polar surface area (TPSA) is 90.3 Å². The summed E-state index contributed by atoms with van der Waals surface area (Å²) in [7, 11) is -3.88. The normalized spacial score (nSPS) is 11.7. The number of aromatic nitrogens is 2. The molecule has 0 saturated heterocycles. The minimum atomic E-state index is -3.88. The van der Waals surface area contributed by atoms with Gasteiger partial charge in [0.15, 0.2) is 15.0 Å². The second-order valence-electron chi connectivity index (χ2n) is 8.12. The first-order valence-corrected chi connectivity index (χ1v) is 13.7. The van der Waals surface area contributed by atoms with Crippen LogP contribution in [0, 0.1) is 5.82 Å². The summed E-state index contributed by atoms with van der Waals surface area (Å²) in [5, 5.41) is 3.71. The summed E-state index contributed by atoms with van der Waals surface area (Å²) in [4.78, 5) is 17.4. The third kappa shape index (κ3) is 4.82. The number of carbonyl (C=O) groups excluding carboxylic acids is 1. The highest BCUT2D eigenvalue weighted by atomic mass is 32.2. The predicted octanol–water partition coefficient (Wildman–Crippen LogP) is 5.40. The van der Waals surface area contributed by atoms with E-state index < -0.39 is 21.4 Å². The zero-order valence-electron chi connectivity index (χ0n) is 19.3. The number of amides is 1. The standard InChI is InChI=1S/C26H22FN3O4S2/c1-2-34-18-11-12-21-23(13-18)35-26(28-21)29-25(31)15-30-14-24(19-8-4-6-10-22(19)30)36(32,33)16-17-7-3-5-9-20(17)27/h3-14H,2,15-16H2,1H3,(H,28,29,31). The van der Waals surface area contributed by atoms with Crippen molar-refractivity contribution in [1.29, 1.82) is 0 Å². The van der Waals surface area contributed by atoms with Gasteiger partial charge >= 0.3 is 0 Å². The predicted molar refractivity (Wildman–Crippen MR) is 139 cm³/mol. The van der Waals surface area contributed by atoms with Crippen LogP contribution in [0.2, 0.25) is 0 Å². The van der Waals surface area contributed by atoms with Gasteiger partial charge in [-0.15, -0.1) is 0 Å². The number of anilines is 1. The Morgan fingerprint density at radius 2 is 1.89 bits per heavy atom. The molecule has 5 aromatic rings. The molecule has 0 spiro atoms.